The number of aliphatic imine (C=N–C) groups is 1. The van der Waals surface area contributed by atoms with Gasteiger partial charge in [-0.1, -0.05) is 50.9 Å². The van der Waals surface area contributed by atoms with Crippen molar-refractivity contribution in [3.05, 3.63) is 58.9 Å². The monoisotopic (exact) mass is 449 g/mol. The molecule has 7 heteroatoms. The Balaban J connectivity index is 0.000000262. The van der Waals surface area contributed by atoms with Gasteiger partial charge >= 0.3 is 0 Å². The molecule has 5 nitrogen and oxygen atoms in total. The molecule has 30 heavy (non-hydrogen) atoms. The van der Waals surface area contributed by atoms with Crippen LogP contribution in [0, 0.1) is 12.8 Å². The molecule has 164 valence electrons. The Bertz CT molecular complexity index is 825. The standard InChI is InChI=1S/C11H12N2O2.C8H12ClNS.C4H8/c1-7(14)10-4-3-9(5-12-10)11-6-15-8(2)13-11;1-4-8(9)6-10-7(3)11-5-2;1-4-2-3-4/h3-7,14H,1-2H3;4,6H,3,5H2,1-2H3;4H,2-3H2,1H3/b;8-4+,10-6-;. The minimum absolute atomic E-state index is 0.543. The maximum absolute atomic E-state index is 9.29. The highest BCUT2D eigenvalue weighted by molar-refractivity contribution is 8.03. The zero-order valence-electron chi connectivity index (χ0n) is 18.4. The summed E-state index contributed by atoms with van der Waals surface area (Å²) in [5.41, 5.74) is 2.30. The second-order valence-corrected chi connectivity index (χ2v) is 8.61. The highest BCUT2D eigenvalue weighted by Gasteiger charge is 2.12. The van der Waals surface area contributed by atoms with Crippen molar-refractivity contribution >= 4 is 29.6 Å². The van der Waals surface area contributed by atoms with Crippen molar-refractivity contribution in [2.24, 2.45) is 10.9 Å². The van der Waals surface area contributed by atoms with Crippen molar-refractivity contribution in [1.29, 1.82) is 0 Å². The van der Waals surface area contributed by atoms with Crippen LogP contribution in [0.1, 0.15) is 58.2 Å². The predicted octanol–water partition coefficient (Wildman–Crippen LogP) is 6.94. The van der Waals surface area contributed by atoms with Gasteiger partial charge in [0.25, 0.3) is 0 Å². The molecule has 1 saturated carbocycles. The third-order valence-electron chi connectivity index (χ3n) is 3.91. The number of oxazole rings is 1. The fourth-order valence-electron chi connectivity index (χ4n) is 1.88. The summed E-state index contributed by atoms with van der Waals surface area (Å²) >= 11 is 7.28. The molecule has 1 aliphatic carbocycles. The number of halogens is 1. The number of aliphatic hydroxyl groups is 1. The van der Waals surface area contributed by atoms with E-state index in [1.165, 1.54) is 12.8 Å². The van der Waals surface area contributed by atoms with Gasteiger partial charge in [-0.2, -0.15) is 0 Å². The number of aryl methyl sites for hydroxylation is 1. The molecule has 2 aromatic heterocycles. The van der Waals surface area contributed by atoms with Crippen LogP contribution in [0.3, 0.4) is 0 Å². The topological polar surface area (TPSA) is 71.5 Å². The Morgan fingerprint density at radius 3 is 2.53 bits per heavy atom. The van der Waals surface area contributed by atoms with Crippen LogP contribution in [0.4, 0.5) is 0 Å². The van der Waals surface area contributed by atoms with Crippen LogP contribution in [0.5, 0.6) is 0 Å². The number of allylic oxidation sites excluding steroid dienone is 2. The van der Waals surface area contributed by atoms with E-state index in [0.29, 0.717) is 16.6 Å². The van der Waals surface area contributed by atoms with Crippen molar-refractivity contribution < 1.29 is 9.52 Å². The number of aliphatic hydroxyl groups excluding tert-OH is 1. The maximum atomic E-state index is 9.29. The lowest BCUT2D eigenvalue weighted by Gasteiger charge is -2.03. The van der Waals surface area contributed by atoms with Gasteiger partial charge in [0.1, 0.15) is 12.0 Å². The first-order valence-electron chi connectivity index (χ1n) is 10.0. The molecule has 1 N–H and O–H groups in total. The number of nitrogens with zero attached hydrogens (tertiary/aromatic N) is 3. The Hall–Kier alpha value is -1.89. The fourth-order valence-corrected chi connectivity index (χ4v) is 2.39. The first-order valence-corrected chi connectivity index (χ1v) is 11.4. The summed E-state index contributed by atoms with van der Waals surface area (Å²) in [5.74, 6) is 2.70. The van der Waals surface area contributed by atoms with Crippen LogP contribution in [0.2, 0.25) is 0 Å². The normalized spacial score (nSPS) is 14.4. The molecule has 0 amide bonds. The molecule has 1 aliphatic rings. The number of aromatic nitrogens is 2. The Morgan fingerprint density at radius 1 is 1.47 bits per heavy atom. The van der Waals surface area contributed by atoms with Crippen molar-refractivity contribution in [2.75, 3.05) is 5.75 Å². The van der Waals surface area contributed by atoms with Crippen molar-refractivity contribution in [2.45, 2.75) is 53.6 Å². The van der Waals surface area contributed by atoms with E-state index in [2.05, 4.69) is 35.4 Å². The SMILES string of the molecule is C=C(/N=C\C(Cl)=C/C)SCC.CC1CC1.Cc1nc(-c2ccc(C(C)O)nc2)co1. The van der Waals surface area contributed by atoms with Crippen LogP contribution in [0.25, 0.3) is 11.3 Å². The number of thioether (sulfide) groups is 1. The Kier molecular flexibility index (Phi) is 12.4. The van der Waals surface area contributed by atoms with Gasteiger partial charge < -0.3 is 9.52 Å². The average molecular weight is 450 g/mol. The molecule has 0 bridgehead atoms. The summed E-state index contributed by atoms with van der Waals surface area (Å²) in [6.45, 7) is 13.4. The van der Waals surface area contributed by atoms with Crippen molar-refractivity contribution in [3.63, 3.8) is 0 Å². The molecule has 1 atom stereocenters. The number of hydrogen-bond acceptors (Lipinski definition) is 6. The quantitative estimate of drug-likeness (QED) is 0.483. The lowest BCUT2D eigenvalue weighted by molar-refractivity contribution is 0.194. The lowest BCUT2D eigenvalue weighted by atomic mass is 10.2. The van der Waals surface area contributed by atoms with E-state index in [4.69, 9.17) is 16.0 Å². The van der Waals surface area contributed by atoms with E-state index in [0.717, 1.165) is 28.0 Å². The van der Waals surface area contributed by atoms with Crippen LogP contribution in [-0.4, -0.2) is 27.0 Å². The smallest absolute Gasteiger partial charge is 0.191 e. The Morgan fingerprint density at radius 2 is 2.13 bits per heavy atom. The number of pyridine rings is 1. The van der Waals surface area contributed by atoms with Gasteiger partial charge in [0.2, 0.25) is 0 Å². The van der Waals surface area contributed by atoms with Crippen LogP contribution in [0.15, 0.2) is 56.7 Å². The van der Waals surface area contributed by atoms with Gasteiger partial charge in [-0.05, 0) is 37.7 Å². The molecule has 2 heterocycles. The van der Waals surface area contributed by atoms with Gasteiger partial charge in [-0.25, -0.2) is 9.98 Å². The van der Waals surface area contributed by atoms with Gasteiger partial charge in [0.15, 0.2) is 5.89 Å². The molecule has 2 aromatic rings. The molecule has 1 fully saturated rings. The summed E-state index contributed by atoms with van der Waals surface area (Å²) in [4.78, 5) is 12.3. The zero-order valence-corrected chi connectivity index (χ0v) is 20.0. The maximum Gasteiger partial charge on any atom is 0.191 e. The fraction of sp³-hybridized carbons (Fsp3) is 0.435. The van der Waals surface area contributed by atoms with Crippen LogP contribution in [-0.2, 0) is 0 Å². The minimum atomic E-state index is -0.543. The van der Waals surface area contributed by atoms with E-state index in [1.807, 2.05) is 13.0 Å². The second-order valence-electron chi connectivity index (χ2n) is 6.84. The van der Waals surface area contributed by atoms with Crippen molar-refractivity contribution in [3.8, 4) is 11.3 Å². The average Bonchev–Trinajstić information content (AvgIpc) is 3.39. The molecule has 0 aliphatic heterocycles. The number of hydrogen-bond donors (Lipinski definition) is 1. The van der Waals surface area contributed by atoms with E-state index < -0.39 is 6.10 Å². The van der Waals surface area contributed by atoms with Gasteiger partial charge in [-0.3, -0.25) is 4.98 Å². The molecule has 0 saturated heterocycles. The van der Waals surface area contributed by atoms with Gasteiger partial charge in [-0.15, -0.1) is 11.8 Å². The Labute approximate surface area is 189 Å². The molecular formula is C23H32ClN3O2S. The number of rotatable bonds is 6. The molecule has 1 unspecified atom stereocenters. The zero-order chi connectivity index (χ0) is 22.5. The molecule has 3 rings (SSSR count). The summed E-state index contributed by atoms with van der Waals surface area (Å²) in [6.07, 6.45) is 9.09. The summed E-state index contributed by atoms with van der Waals surface area (Å²) in [7, 11) is 0. The minimum Gasteiger partial charge on any atom is -0.449 e. The highest BCUT2D eigenvalue weighted by Crippen LogP contribution is 2.26. The third-order valence-corrected chi connectivity index (χ3v) is 4.96. The molecule has 0 aromatic carbocycles. The lowest BCUT2D eigenvalue weighted by Crippen LogP contribution is -1.94. The van der Waals surface area contributed by atoms with E-state index in [1.54, 1.807) is 56.4 Å². The second kappa shape index (κ2) is 14.2. The first kappa shape index (κ1) is 26.1. The third kappa shape index (κ3) is 11.3. The van der Waals surface area contributed by atoms with E-state index in [-0.39, 0.29) is 0 Å². The predicted molar refractivity (Wildman–Crippen MR) is 129 cm³/mol. The van der Waals surface area contributed by atoms with Crippen LogP contribution < -0.4 is 0 Å². The van der Waals surface area contributed by atoms with Gasteiger partial charge in [0, 0.05) is 24.9 Å². The van der Waals surface area contributed by atoms with Gasteiger partial charge in [0.05, 0.1) is 21.9 Å². The summed E-state index contributed by atoms with van der Waals surface area (Å²) in [5, 5.41) is 10.7. The molecule has 0 spiro atoms. The largest absolute Gasteiger partial charge is 0.449 e. The highest BCUT2D eigenvalue weighted by atomic mass is 35.5. The van der Waals surface area contributed by atoms with Crippen molar-refractivity contribution in [1.82, 2.24) is 9.97 Å². The van der Waals surface area contributed by atoms with Crippen LogP contribution >= 0.6 is 23.4 Å². The van der Waals surface area contributed by atoms with E-state index in [9.17, 15) is 5.11 Å². The molecule has 0 radical (unpaired) electrons. The van der Waals surface area contributed by atoms with E-state index >= 15 is 0 Å². The first-order chi connectivity index (χ1) is 14.3. The summed E-state index contributed by atoms with van der Waals surface area (Å²) in [6, 6.07) is 3.65. The molecular weight excluding hydrogens is 418 g/mol. The summed E-state index contributed by atoms with van der Waals surface area (Å²) < 4.78 is 5.11.